The SMILES string of the molecule is COC(=O)C(N)Cc1ccc(-c2ccc(OC)cc2OC)cc1. The molecule has 23 heavy (non-hydrogen) atoms. The molecule has 2 aromatic rings. The van der Waals surface area contributed by atoms with Crippen molar-refractivity contribution in [2.24, 2.45) is 5.73 Å². The number of carbonyl (C=O) groups excluding carboxylic acids is 1. The summed E-state index contributed by atoms with van der Waals surface area (Å²) in [5.41, 5.74) is 8.73. The van der Waals surface area contributed by atoms with Gasteiger partial charge in [0.15, 0.2) is 0 Å². The fourth-order valence-electron chi connectivity index (χ4n) is 2.35. The second-order valence-electron chi connectivity index (χ2n) is 5.10. The average molecular weight is 315 g/mol. The maximum Gasteiger partial charge on any atom is 0.322 e. The van der Waals surface area contributed by atoms with Crippen LogP contribution in [0.5, 0.6) is 11.5 Å². The zero-order valence-corrected chi connectivity index (χ0v) is 13.5. The van der Waals surface area contributed by atoms with Crippen LogP contribution in [0.1, 0.15) is 5.56 Å². The van der Waals surface area contributed by atoms with Gasteiger partial charge in [-0.05, 0) is 29.7 Å². The Hall–Kier alpha value is -2.53. The molecule has 0 bridgehead atoms. The third-order valence-electron chi connectivity index (χ3n) is 3.63. The zero-order valence-electron chi connectivity index (χ0n) is 13.5. The summed E-state index contributed by atoms with van der Waals surface area (Å²) < 4.78 is 15.3. The van der Waals surface area contributed by atoms with Gasteiger partial charge in [0.05, 0.1) is 21.3 Å². The Morgan fingerprint density at radius 1 is 1.04 bits per heavy atom. The highest BCUT2D eigenvalue weighted by Gasteiger charge is 2.14. The smallest absolute Gasteiger partial charge is 0.322 e. The fraction of sp³-hybridized carbons (Fsp3) is 0.278. The molecule has 0 heterocycles. The lowest BCUT2D eigenvalue weighted by atomic mass is 10.00. The Balaban J connectivity index is 2.21. The van der Waals surface area contributed by atoms with E-state index < -0.39 is 12.0 Å². The molecule has 0 radical (unpaired) electrons. The van der Waals surface area contributed by atoms with Crippen LogP contribution in [-0.2, 0) is 16.0 Å². The van der Waals surface area contributed by atoms with Crippen molar-refractivity contribution in [3.63, 3.8) is 0 Å². The van der Waals surface area contributed by atoms with E-state index in [2.05, 4.69) is 4.74 Å². The summed E-state index contributed by atoms with van der Waals surface area (Å²) >= 11 is 0. The fourth-order valence-corrected chi connectivity index (χ4v) is 2.35. The first-order valence-corrected chi connectivity index (χ1v) is 7.23. The maximum atomic E-state index is 11.4. The highest BCUT2D eigenvalue weighted by molar-refractivity contribution is 5.76. The van der Waals surface area contributed by atoms with Crippen LogP contribution in [0.3, 0.4) is 0 Å². The molecule has 0 fully saturated rings. The van der Waals surface area contributed by atoms with Crippen LogP contribution in [0.15, 0.2) is 42.5 Å². The summed E-state index contributed by atoms with van der Waals surface area (Å²) in [6.07, 6.45) is 0.437. The predicted molar refractivity (Wildman–Crippen MR) is 88.7 cm³/mol. The standard InChI is InChI=1S/C18H21NO4/c1-21-14-8-9-15(17(11-14)22-2)13-6-4-12(5-7-13)10-16(19)18(20)23-3/h4-9,11,16H,10,19H2,1-3H3. The molecule has 0 aliphatic carbocycles. The summed E-state index contributed by atoms with van der Waals surface area (Å²) in [5.74, 6) is 1.07. The van der Waals surface area contributed by atoms with Crippen LogP contribution in [0.4, 0.5) is 0 Å². The van der Waals surface area contributed by atoms with E-state index in [9.17, 15) is 4.79 Å². The van der Waals surface area contributed by atoms with Crippen molar-refractivity contribution in [3.05, 3.63) is 48.0 Å². The quantitative estimate of drug-likeness (QED) is 0.829. The molecule has 2 N–H and O–H groups in total. The monoisotopic (exact) mass is 315 g/mol. The third kappa shape index (κ3) is 4.02. The molecule has 122 valence electrons. The molecule has 0 spiro atoms. The molecule has 2 rings (SSSR count). The van der Waals surface area contributed by atoms with Crippen molar-refractivity contribution in [1.82, 2.24) is 0 Å². The Kier molecular flexibility index (Phi) is 5.60. The Bertz CT molecular complexity index is 667. The molecule has 0 saturated heterocycles. The molecule has 5 nitrogen and oxygen atoms in total. The number of benzene rings is 2. The number of esters is 1. The summed E-state index contributed by atoms with van der Waals surface area (Å²) in [7, 11) is 4.58. The van der Waals surface area contributed by atoms with Gasteiger partial charge in [-0.2, -0.15) is 0 Å². The molecule has 2 aromatic carbocycles. The largest absolute Gasteiger partial charge is 0.497 e. The van der Waals surface area contributed by atoms with Gasteiger partial charge >= 0.3 is 5.97 Å². The summed E-state index contributed by atoms with van der Waals surface area (Å²) in [6.45, 7) is 0. The molecular weight excluding hydrogens is 294 g/mol. The highest BCUT2D eigenvalue weighted by atomic mass is 16.5. The Labute approximate surface area is 136 Å². The molecule has 0 aliphatic heterocycles. The van der Waals surface area contributed by atoms with Crippen molar-refractivity contribution in [3.8, 4) is 22.6 Å². The number of hydrogen-bond acceptors (Lipinski definition) is 5. The number of methoxy groups -OCH3 is 3. The van der Waals surface area contributed by atoms with Gasteiger partial charge in [-0.15, -0.1) is 0 Å². The lowest BCUT2D eigenvalue weighted by molar-refractivity contribution is -0.142. The first-order chi connectivity index (χ1) is 11.1. The van der Waals surface area contributed by atoms with Crippen molar-refractivity contribution in [2.75, 3.05) is 21.3 Å². The van der Waals surface area contributed by atoms with E-state index in [1.807, 2.05) is 42.5 Å². The molecule has 0 amide bonds. The van der Waals surface area contributed by atoms with Crippen LogP contribution in [0.25, 0.3) is 11.1 Å². The zero-order chi connectivity index (χ0) is 16.8. The Morgan fingerprint density at radius 3 is 2.30 bits per heavy atom. The molecule has 1 unspecified atom stereocenters. The molecule has 0 saturated carbocycles. The normalized spacial score (nSPS) is 11.7. The minimum absolute atomic E-state index is 0.411. The van der Waals surface area contributed by atoms with Crippen LogP contribution >= 0.6 is 0 Å². The number of ether oxygens (including phenoxy) is 3. The molecular formula is C18H21NO4. The topological polar surface area (TPSA) is 70.8 Å². The first kappa shape index (κ1) is 16.8. The average Bonchev–Trinajstić information content (AvgIpc) is 2.61. The van der Waals surface area contributed by atoms with E-state index in [-0.39, 0.29) is 0 Å². The number of nitrogens with two attached hydrogens (primary N) is 1. The first-order valence-electron chi connectivity index (χ1n) is 7.23. The van der Waals surface area contributed by atoms with Crippen molar-refractivity contribution in [1.29, 1.82) is 0 Å². The molecule has 0 aromatic heterocycles. The van der Waals surface area contributed by atoms with Gasteiger partial charge in [0, 0.05) is 11.6 Å². The van der Waals surface area contributed by atoms with Crippen LogP contribution in [0.2, 0.25) is 0 Å². The van der Waals surface area contributed by atoms with E-state index in [4.69, 9.17) is 15.2 Å². The van der Waals surface area contributed by atoms with Gasteiger partial charge in [0.1, 0.15) is 17.5 Å². The summed E-state index contributed by atoms with van der Waals surface area (Å²) in [5, 5.41) is 0. The van der Waals surface area contributed by atoms with E-state index >= 15 is 0 Å². The second-order valence-corrected chi connectivity index (χ2v) is 5.10. The van der Waals surface area contributed by atoms with Crippen molar-refractivity contribution in [2.45, 2.75) is 12.5 Å². The highest BCUT2D eigenvalue weighted by Crippen LogP contribution is 2.33. The van der Waals surface area contributed by atoms with E-state index in [0.717, 1.165) is 28.2 Å². The molecule has 1 atom stereocenters. The number of carbonyl (C=O) groups is 1. The lowest BCUT2D eigenvalue weighted by Gasteiger charge is -2.12. The van der Waals surface area contributed by atoms with Gasteiger partial charge in [0.25, 0.3) is 0 Å². The lowest BCUT2D eigenvalue weighted by Crippen LogP contribution is -2.33. The maximum absolute atomic E-state index is 11.4. The summed E-state index contributed by atoms with van der Waals surface area (Å²) in [6, 6.07) is 12.9. The van der Waals surface area contributed by atoms with Gasteiger partial charge in [-0.3, -0.25) is 4.79 Å². The van der Waals surface area contributed by atoms with Gasteiger partial charge in [0.2, 0.25) is 0 Å². The second kappa shape index (κ2) is 7.65. The van der Waals surface area contributed by atoms with E-state index in [1.165, 1.54) is 7.11 Å². The predicted octanol–water partition coefficient (Wildman–Crippen LogP) is 2.41. The minimum Gasteiger partial charge on any atom is -0.497 e. The van der Waals surface area contributed by atoms with Crippen LogP contribution in [0, 0.1) is 0 Å². The van der Waals surface area contributed by atoms with Gasteiger partial charge in [-0.1, -0.05) is 24.3 Å². The molecule has 0 aliphatic rings. The number of hydrogen-bond donors (Lipinski definition) is 1. The van der Waals surface area contributed by atoms with Crippen molar-refractivity contribution < 1.29 is 19.0 Å². The van der Waals surface area contributed by atoms with Gasteiger partial charge < -0.3 is 19.9 Å². The summed E-state index contributed by atoms with van der Waals surface area (Å²) in [4.78, 5) is 11.4. The van der Waals surface area contributed by atoms with E-state index in [0.29, 0.717) is 6.42 Å². The third-order valence-corrected chi connectivity index (χ3v) is 3.63. The Morgan fingerprint density at radius 2 is 1.74 bits per heavy atom. The van der Waals surface area contributed by atoms with Crippen LogP contribution in [-0.4, -0.2) is 33.3 Å². The van der Waals surface area contributed by atoms with E-state index in [1.54, 1.807) is 14.2 Å². The molecule has 5 heteroatoms. The minimum atomic E-state index is -0.652. The van der Waals surface area contributed by atoms with Gasteiger partial charge in [-0.25, -0.2) is 0 Å². The van der Waals surface area contributed by atoms with Crippen molar-refractivity contribution >= 4 is 5.97 Å². The number of rotatable bonds is 6. The van der Waals surface area contributed by atoms with Crippen LogP contribution < -0.4 is 15.2 Å².